The molecule has 0 saturated heterocycles. The molecule has 0 saturated carbocycles. The lowest BCUT2D eigenvalue weighted by atomic mass is 10.1. The molecule has 3 aromatic carbocycles. The van der Waals surface area contributed by atoms with E-state index in [1.807, 2.05) is 42.5 Å². The molecule has 4 rings (SSSR count). The maximum atomic E-state index is 12.8. The number of nitrogens with one attached hydrogen (secondary N) is 1. The van der Waals surface area contributed by atoms with Crippen LogP contribution in [0.4, 0.5) is 5.69 Å². The summed E-state index contributed by atoms with van der Waals surface area (Å²) in [5.41, 5.74) is 1.00. The minimum atomic E-state index is -0.545. The molecule has 0 bridgehead atoms. The molecule has 1 amide bonds. The minimum Gasteiger partial charge on any atom is -0.486 e. The Kier molecular flexibility index (Phi) is 5.63. The molecule has 0 radical (unpaired) electrons. The molecule has 6 heteroatoms. The van der Waals surface area contributed by atoms with Crippen LogP contribution in [0.25, 0.3) is 6.08 Å². The molecule has 6 nitrogen and oxygen atoms in total. The average Bonchev–Trinajstić information content (AvgIpc) is 2.79. The zero-order chi connectivity index (χ0) is 20.8. The molecule has 148 valence electrons. The highest BCUT2D eigenvalue weighted by Gasteiger charge is 2.17. The molecule has 3 aromatic rings. The Labute approximate surface area is 173 Å². The standard InChI is InChI=1S/C24H18N2O4/c25-16-18(15-17-7-6-12-22-23(17)29-14-13-28-22)24(27)26-20-10-4-5-11-21(20)30-19-8-2-1-3-9-19/h1-12,15H,13-14H2,(H,26,27)/b18-15-. The quantitative estimate of drug-likeness (QED) is 0.493. The van der Waals surface area contributed by atoms with Crippen molar-refractivity contribution in [3.8, 4) is 29.1 Å². The summed E-state index contributed by atoms with van der Waals surface area (Å²) < 4.78 is 17.1. The predicted octanol–water partition coefficient (Wildman–Crippen LogP) is 4.80. The molecule has 30 heavy (non-hydrogen) atoms. The number of para-hydroxylation sites is 4. The molecule has 0 atom stereocenters. The molecular formula is C24H18N2O4. The smallest absolute Gasteiger partial charge is 0.266 e. The Hall–Kier alpha value is -4.24. The summed E-state index contributed by atoms with van der Waals surface area (Å²) in [5, 5.41) is 12.3. The summed E-state index contributed by atoms with van der Waals surface area (Å²) in [7, 11) is 0. The van der Waals surface area contributed by atoms with Crippen LogP contribution in [-0.2, 0) is 4.79 Å². The number of amides is 1. The van der Waals surface area contributed by atoms with Gasteiger partial charge >= 0.3 is 0 Å². The van der Waals surface area contributed by atoms with Gasteiger partial charge in [0.25, 0.3) is 5.91 Å². The number of ether oxygens (including phenoxy) is 3. The zero-order valence-corrected chi connectivity index (χ0v) is 16.0. The van der Waals surface area contributed by atoms with Crippen LogP contribution in [0.1, 0.15) is 5.56 Å². The molecular weight excluding hydrogens is 380 g/mol. The summed E-state index contributed by atoms with van der Waals surface area (Å²) in [6, 6.07) is 23.6. The average molecular weight is 398 g/mol. The number of carbonyl (C=O) groups is 1. The molecule has 1 aliphatic heterocycles. The fourth-order valence-electron chi connectivity index (χ4n) is 2.98. The first kappa shape index (κ1) is 19.1. The van der Waals surface area contributed by atoms with Gasteiger partial charge in [0.15, 0.2) is 17.2 Å². The summed E-state index contributed by atoms with van der Waals surface area (Å²) in [5.74, 6) is 1.69. The van der Waals surface area contributed by atoms with Gasteiger partial charge in [-0.1, -0.05) is 42.5 Å². The first-order chi connectivity index (χ1) is 14.7. The number of fused-ring (bicyclic) bond motifs is 1. The zero-order valence-electron chi connectivity index (χ0n) is 16.0. The molecule has 0 aromatic heterocycles. The van der Waals surface area contributed by atoms with Crippen molar-refractivity contribution in [3.63, 3.8) is 0 Å². The number of hydrogen-bond acceptors (Lipinski definition) is 5. The number of nitriles is 1. The van der Waals surface area contributed by atoms with E-state index in [0.29, 0.717) is 47.5 Å². The predicted molar refractivity (Wildman–Crippen MR) is 113 cm³/mol. The number of nitrogens with zero attached hydrogens (tertiary/aromatic N) is 1. The van der Waals surface area contributed by atoms with Gasteiger partial charge in [0, 0.05) is 5.56 Å². The highest BCUT2D eigenvalue weighted by molar-refractivity contribution is 6.10. The number of hydrogen-bond donors (Lipinski definition) is 1. The Balaban J connectivity index is 1.58. The van der Waals surface area contributed by atoms with E-state index < -0.39 is 5.91 Å². The van der Waals surface area contributed by atoms with Gasteiger partial charge in [-0.3, -0.25) is 4.79 Å². The maximum Gasteiger partial charge on any atom is 0.266 e. The largest absolute Gasteiger partial charge is 0.486 e. The van der Waals surface area contributed by atoms with Crippen molar-refractivity contribution in [1.29, 1.82) is 5.26 Å². The second kappa shape index (κ2) is 8.84. The van der Waals surface area contributed by atoms with Gasteiger partial charge in [-0.25, -0.2) is 0 Å². The van der Waals surface area contributed by atoms with E-state index in [9.17, 15) is 10.1 Å². The van der Waals surface area contributed by atoms with E-state index in [4.69, 9.17) is 14.2 Å². The van der Waals surface area contributed by atoms with Gasteiger partial charge in [0.1, 0.15) is 30.6 Å². The van der Waals surface area contributed by atoms with Crippen molar-refractivity contribution in [3.05, 3.63) is 83.9 Å². The number of anilines is 1. The van der Waals surface area contributed by atoms with E-state index in [-0.39, 0.29) is 5.57 Å². The van der Waals surface area contributed by atoms with Crippen LogP contribution in [-0.4, -0.2) is 19.1 Å². The molecule has 0 spiro atoms. The van der Waals surface area contributed by atoms with Gasteiger partial charge in [-0.05, 0) is 36.4 Å². The third kappa shape index (κ3) is 4.26. The SMILES string of the molecule is N#C/C(=C/c1cccc2c1OCCO2)C(=O)Nc1ccccc1Oc1ccccc1. The monoisotopic (exact) mass is 398 g/mol. The summed E-state index contributed by atoms with van der Waals surface area (Å²) in [6.07, 6.45) is 1.49. The van der Waals surface area contributed by atoms with Crippen molar-refractivity contribution in [1.82, 2.24) is 0 Å². The van der Waals surface area contributed by atoms with Gasteiger partial charge in [0.05, 0.1) is 5.69 Å². The van der Waals surface area contributed by atoms with Gasteiger partial charge < -0.3 is 19.5 Å². The fraction of sp³-hybridized carbons (Fsp3) is 0.0833. The third-order valence-corrected chi connectivity index (χ3v) is 4.37. The van der Waals surface area contributed by atoms with Gasteiger partial charge in [0.2, 0.25) is 0 Å². The van der Waals surface area contributed by atoms with Crippen molar-refractivity contribution < 1.29 is 19.0 Å². The molecule has 1 aliphatic rings. The van der Waals surface area contributed by atoms with Crippen LogP contribution in [0.3, 0.4) is 0 Å². The lowest BCUT2D eigenvalue weighted by Crippen LogP contribution is -2.16. The number of rotatable bonds is 5. The second-order valence-electron chi connectivity index (χ2n) is 6.41. The van der Waals surface area contributed by atoms with Gasteiger partial charge in [-0.15, -0.1) is 0 Å². The second-order valence-corrected chi connectivity index (χ2v) is 6.41. The van der Waals surface area contributed by atoms with Crippen LogP contribution < -0.4 is 19.5 Å². The number of benzene rings is 3. The fourth-order valence-corrected chi connectivity index (χ4v) is 2.98. The topological polar surface area (TPSA) is 80.6 Å². The van der Waals surface area contributed by atoms with E-state index >= 15 is 0 Å². The number of carbonyl (C=O) groups excluding carboxylic acids is 1. The Morgan fingerprint density at radius 2 is 1.73 bits per heavy atom. The van der Waals surface area contributed by atoms with E-state index in [1.54, 1.807) is 36.4 Å². The Morgan fingerprint density at radius 3 is 2.57 bits per heavy atom. The highest BCUT2D eigenvalue weighted by atomic mass is 16.6. The normalized spacial score (nSPS) is 12.6. The molecule has 0 unspecified atom stereocenters. The highest BCUT2D eigenvalue weighted by Crippen LogP contribution is 2.35. The van der Waals surface area contributed by atoms with Crippen molar-refractivity contribution in [2.24, 2.45) is 0 Å². The lowest BCUT2D eigenvalue weighted by molar-refractivity contribution is -0.112. The minimum absolute atomic E-state index is 0.0629. The maximum absolute atomic E-state index is 12.8. The van der Waals surface area contributed by atoms with Crippen molar-refractivity contribution in [2.75, 3.05) is 18.5 Å². The van der Waals surface area contributed by atoms with Crippen LogP contribution in [0, 0.1) is 11.3 Å². The third-order valence-electron chi connectivity index (χ3n) is 4.37. The Bertz CT molecular complexity index is 1130. The van der Waals surface area contributed by atoms with Crippen molar-refractivity contribution >= 4 is 17.7 Å². The van der Waals surface area contributed by atoms with Crippen LogP contribution in [0.5, 0.6) is 23.0 Å². The van der Waals surface area contributed by atoms with Crippen molar-refractivity contribution in [2.45, 2.75) is 0 Å². The van der Waals surface area contributed by atoms with E-state index in [1.165, 1.54) is 6.08 Å². The summed E-state index contributed by atoms with van der Waals surface area (Å²) in [6.45, 7) is 0.875. The lowest BCUT2D eigenvalue weighted by Gasteiger charge is -2.20. The van der Waals surface area contributed by atoms with E-state index in [0.717, 1.165) is 0 Å². The van der Waals surface area contributed by atoms with Gasteiger partial charge in [-0.2, -0.15) is 5.26 Å². The molecule has 1 N–H and O–H groups in total. The first-order valence-electron chi connectivity index (χ1n) is 9.38. The first-order valence-corrected chi connectivity index (χ1v) is 9.38. The summed E-state index contributed by atoms with van der Waals surface area (Å²) in [4.78, 5) is 12.8. The molecule has 0 aliphatic carbocycles. The molecule has 0 fully saturated rings. The summed E-state index contributed by atoms with van der Waals surface area (Å²) >= 11 is 0. The van der Waals surface area contributed by atoms with Crippen LogP contribution in [0.15, 0.2) is 78.4 Å². The Morgan fingerprint density at radius 1 is 0.967 bits per heavy atom. The molecule has 1 heterocycles. The van der Waals surface area contributed by atoms with E-state index in [2.05, 4.69) is 5.32 Å². The van der Waals surface area contributed by atoms with Crippen LogP contribution >= 0.6 is 0 Å². The van der Waals surface area contributed by atoms with Crippen LogP contribution in [0.2, 0.25) is 0 Å².